The van der Waals surface area contributed by atoms with Crippen LogP contribution in [-0.2, 0) is 9.53 Å². The first-order valence-corrected chi connectivity index (χ1v) is 3.78. The number of rotatable bonds is 0. The molecule has 1 aromatic rings. The van der Waals surface area contributed by atoms with E-state index in [1.165, 1.54) is 19.2 Å². The summed E-state index contributed by atoms with van der Waals surface area (Å²) in [5, 5.41) is 0. The number of nitrogen functional groups attached to an aromatic ring is 1. The lowest BCUT2D eigenvalue weighted by molar-refractivity contribution is -0.133. The summed E-state index contributed by atoms with van der Waals surface area (Å²) < 4.78 is 16.9. The third-order valence-corrected chi connectivity index (χ3v) is 1.50. The molecule has 0 aromatic heterocycles. The number of carbonyl (C=O) groups excluding carboxylic acids is 1. The van der Waals surface area contributed by atoms with Gasteiger partial charge >= 0.3 is 5.97 Å². The minimum Gasteiger partial charge on any atom is -0.459 e. The molecule has 3 nitrogen and oxygen atoms in total. The van der Waals surface area contributed by atoms with Crippen LogP contribution in [0.1, 0.15) is 5.56 Å². The van der Waals surface area contributed by atoms with E-state index in [-0.39, 0.29) is 5.69 Å². The van der Waals surface area contributed by atoms with Crippen LogP contribution >= 0.6 is 0 Å². The van der Waals surface area contributed by atoms with Crippen LogP contribution in [0.15, 0.2) is 18.2 Å². The maximum absolute atomic E-state index is 12.6. The van der Waals surface area contributed by atoms with Crippen molar-refractivity contribution < 1.29 is 13.9 Å². The molecule has 2 N–H and O–H groups in total. The Hall–Kier alpha value is -2.02. The van der Waals surface area contributed by atoms with E-state index in [1.807, 2.05) is 0 Å². The fourth-order valence-electron chi connectivity index (χ4n) is 0.817. The quantitative estimate of drug-likeness (QED) is 0.379. The summed E-state index contributed by atoms with van der Waals surface area (Å²) in [6, 6.07) is 3.76. The molecule has 0 aliphatic heterocycles. The maximum Gasteiger partial charge on any atom is 0.384 e. The monoisotopic (exact) mass is 193 g/mol. The first kappa shape index (κ1) is 10.1. The van der Waals surface area contributed by atoms with Gasteiger partial charge in [-0.2, -0.15) is 0 Å². The Balaban J connectivity index is 2.96. The van der Waals surface area contributed by atoms with Gasteiger partial charge in [0.2, 0.25) is 0 Å². The molecule has 0 aliphatic rings. The van der Waals surface area contributed by atoms with Gasteiger partial charge in [-0.15, -0.1) is 0 Å². The number of nitrogens with two attached hydrogens (primary N) is 1. The van der Waals surface area contributed by atoms with Crippen LogP contribution in [0, 0.1) is 17.7 Å². The first-order valence-electron chi connectivity index (χ1n) is 3.78. The highest BCUT2D eigenvalue weighted by Crippen LogP contribution is 2.11. The zero-order chi connectivity index (χ0) is 10.6. The number of ether oxygens (including phenoxy) is 1. The molecular formula is C10H8FNO2. The van der Waals surface area contributed by atoms with Crippen molar-refractivity contribution >= 4 is 11.7 Å². The molecule has 1 aromatic carbocycles. The minimum absolute atomic E-state index is 0.196. The van der Waals surface area contributed by atoms with Crippen molar-refractivity contribution in [1.82, 2.24) is 0 Å². The lowest BCUT2D eigenvalue weighted by atomic mass is 10.2. The van der Waals surface area contributed by atoms with Gasteiger partial charge in [-0.1, -0.05) is 5.92 Å². The summed E-state index contributed by atoms with van der Waals surface area (Å²) in [5.41, 5.74) is 6.05. The molecule has 0 fully saturated rings. The Bertz CT molecular complexity index is 418. The van der Waals surface area contributed by atoms with Crippen LogP contribution in [0.25, 0.3) is 0 Å². The molecule has 0 atom stereocenters. The third-order valence-electron chi connectivity index (χ3n) is 1.50. The number of methoxy groups -OCH3 is 1. The van der Waals surface area contributed by atoms with E-state index in [0.29, 0.717) is 5.56 Å². The number of anilines is 1. The van der Waals surface area contributed by atoms with E-state index in [9.17, 15) is 9.18 Å². The Kier molecular flexibility index (Phi) is 3.08. The van der Waals surface area contributed by atoms with Crippen molar-refractivity contribution in [1.29, 1.82) is 0 Å². The SMILES string of the molecule is COC(=O)C#Cc1ccc(F)cc1N. The average Bonchev–Trinajstić information content (AvgIpc) is 2.16. The molecule has 1 rings (SSSR count). The number of carbonyl (C=O) groups is 1. The van der Waals surface area contributed by atoms with E-state index < -0.39 is 11.8 Å². The summed E-state index contributed by atoms with van der Waals surface area (Å²) in [4.78, 5) is 10.7. The summed E-state index contributed by atoms with van der Waals surface area (Å²) in [6.07, 6.45) is 0. The molecule has 0 saturated carbocycles. The van der Waals surface area contributed by atoms with Crippen LogP contribution in [0.4, 0.5) is 10.1 Å². The van der Waals surface area contributed by atoms with Crippen molar-refractivity contribution in [2.75, 3.05) is 12.8 Å². The normalized spacial score (nSPS) is 8.71. The molecule has 0 unspecified atom stereocenters. The Morgan fingerprint density at radius 3 is 2.86 bits per heavy atom. The summed E-state index contributed by atoms with van der Waals surface area (Å²) in [6.45, 7) is 0. The largest absolute Gasteiger partial charge is 0.459 e. The van der Waals surface area contributed by atoms with Gasteiger partial charge in [-0.3, -0.25) is 0 Å². The average molecular weight is 193 g/mol. The Morgan fingerprint density at radius 2 is 2.29 bits per heavy atom. The lowest BCUT2D eigenvalue weighted by Crippen LogP contribution is -1.96. The van der Waals surface area contributed by atoms with Crippen molar-refractivity contribution in [2.24, 2.45) is 0 Å². The molecule has 72 valence electrons. The van der Waals surface area contributed by atoms with Crippen LogP contribution in [0.5, 0.6) is 0 Å². The van der Waals surface area contributed by atoms with Gasteiger partial charge in [0.15, 0.2) is 0 Å². The highest BCUT2D eigenvalue weighted by atomic mass is 19.1. The van der Waals surface area contributed by atoms with Gasteiger partial charge < -0.3 is 10.5 Å². The molecule has 0 amide bonds. The van der Waals surface area contributed by atoms with Crippen molar-refractivity contribution in [3.8, 4) is 11.8 Å². The standard InChI is InChI=1S/C10H8FNO2/c1-14-10(13)5-3-7-2-4-8(11)6-9(7)12/h2,4,6H,12H2,1H3. The van der Waals surface area contributed by atoms with E-state index >= 15 is 0 Å². The second kappa shape index (κ2) is 4.28. The molecular weight excluding hydrogens is 185 g/mol. The summed E-state index contributed by atoms with van der Waals surface area (Å²) in [7, 11) is 1.23. The zero-order valence-electron chi connectivity index (χ0n) is 7.50. The topological polar surface area (TPSA) is 52.3 Å². The molecule has 0 bridgehead atoms. The van der Waals surface area contributed by atoms with Gasteiger partial charge in [0.05, 0.1) is 12.8 Å². The third kappa shape index (κ3) is 2.49. The number of hydrogen-bond acceptors (Lipinski definition) is 3. The zero-order valence-corrected chi connectivity index (χ0v) is 7.50. The number of hydrogen-bond donors (Lipinski definition) is 1. The van der Waals surface area contributed by atoms with Crippen LogP contribution in [-0.4, -0.2) is 13.1 Å². The predicted molar refractivity (Wildman–Crippen MR) is 49.7 cm³/mol. The Labute approximate surface area is 80.7 Å². The predicted octanol–water partition coefficient (Wildman–Crippen LogP) is 0.932. The van der Waals surface area contributed by atoms with Gasteiger partial charge in [0.25, 0.3) is 0 Å². The van der Waals surface area contributed by atoms with Gasteiger partial charge in [-0.25, -0.2) is 9.18 Å². The molecule has 0 saturated heterocycles. The van der Waals surface area contributed by atoms with Crippen molar-refractivity contribution in [3.05, 3.63) is 29.6 Å². The van der Waals surface area contributed by atoms with Gasteiger partial charge in [0, 0.05) is 11.5 Å². The molecule has 4 heteroatoms. The Morgan fingerprint density at radius 1 is 1.57 bits per heavy atom. The van der Waals surface area contributed by atoms with Crippen molar-refractivity contribution in [3.63, 3.8) is 0 Å². The number of esters is 1. The van der Waals surface area contributed by atoms with Crippen LogP contribution < -0.4 is 5.73 Å². The van der Waals surface area contributed by atoms with E-state index in [2.05, 4.69) is 16.6 Å². The number of benzene rings is 1. The maximum atomic E-state index is 12.6. The summed E-state index contributed by atoms with van der Waals surface area (Å²) >= 11 is 0. The molecule has 14 heavy (non-hydrogen) atoms. The van der Waals surface area contributed by atoms with E-state index in [0.717, 1.165) is 6.07 Å². The van der Waals surface area contributed by atoms with E-state index in [1.54, 1.807) is 0 Å². The van der Waals surface area contributed by atoms with E-state index in [4.69, 9.17) is 5.73 Å². The lowest BCUT2D eigenvalue weighted by Gasteiger charge is -1.96. The smallest absolute Gasteiger partial charge is 0.384 e. The minimum atomic E-state index is -0.659. The molecule has 0 spiro atoms. The van der Waals surface area contributed by atoms with Crippen LogP contribution in [0.2, 0.25) is 0 Å². The summed E-state index contributed by atoms with van der Waals surface area (Å²) in [5.74, 6) is 3.57. The van der Waals surface area contributed by atoms with Gasteiger partial charge in [-0.05, 0) is 18.2 Å². The number of halogens is 1. The first-order chi connectivity index (χ1) is 6.63. The van der Waals surface area contributed by atoms with Crippen molar-refractivity contribution in [2.45, 2.75) is 0 Å². The molecule has 0 radical (unpaired) electrons. The second-order valence-electron chi connectivity index (χ2n) is 2.47. The fraction of sp³-hybridized carbons (Fsp3) is 0.100. The second-order valence-corrected chi connectivity index (χ2v) is 2.47. The molecule has 0 heterocycles. The van der Waals surface area contributed by atoms with Gasteiger partial charge in [0.1, 0.15) is 5.82 Å². The highest BCUT2D eigenvalue weighted by molar-refractivity contribution is 5.89. The molecule has 0 aliphatic carbocycles. The fourth-order valence-corrected chi connectivity index (χ4v) is 0.817. The highest BCUT2D eigenvalue weighted by Gasteiger charge is 1.97. The van der Waals surface area contributed by atoms with Crippen LogP contribution in [0.3, 0.4) is 0 Å².